The molecule has 4 heteroatoms. The summed E-state index contributed by atoms with van der Waals surface area (Å²) >= 11 is 1.62. The van der Waals surface area contributed by atoms with E-state index in [0.29, 0.717) is 0 Å². The zero-order valence-electron chi connectivity index (χ0n) is 8.64. The number of hydrogen-bond donors (Lipinski definition) is 0. The molecule has 3 rings (SSSR count). The Labute approximate surface area is 96.3 Å². The van der Waals surface area contributed by atoms with Gasteiger partial charge in [-0.1, -0.05) is 17.3 Å². The van der Waals surface area contributed by atoms with Crippen molar-refractivity contribution in [3.8, 4) is 17.0 Å². The lowest BCUT2D eigenvalue weighted by atomic mass is 10.1. The maximum absolute atomic E-state index is 5.32. The maximum Gasteiger partial charge on any atom is 0.178 e. The first kappa shape index (κ1) is 9.42. The van der Waals surface area contributed by atoms with Crippen LogP contribution >= 0.6 is 11.3 Å². The van der Waals surface area contributed by atoms with E-state index in [9.17, 15) is 0 Å². The van der Waals surface area contributed by atoms with Crippen LogP contribution in [-0.2, 0) is 0 Å². The van der Waals surface area contributed by atoms with Crippen LogP contribution in [0.1, 0.15) is 0 Å². The molecule has 0 aliphatic carbocycles. The Balaban J connectivity index is 2.27. The highest BCUT2D eigenvalue weighted by atomic mass is 32.1. The molecule has 3 nitrogen and oxygen atoms in total. The Morgan fingerprint density at radius 2 is 2.12 bits per heavy atom. The number of thiophene rings is 1. The minimum absolute atomic E-state index is 0.811. The van der Waals surface area contributed by atoms with Crippen LogP contribution in [0.25, 0.3) is 21.5 Å². The molecular weight excluding hydrogens is 222 g/mol. The van der Waals surface area contributed by atoms with Gasteiger partial charge in [0.1, 0.15) is 16.1 Å². The van der Waals surface area contributed by atoms with Gasteiger partial charge in [-0.05, 0) is 23.6 Å². The van der Waals surface area contributed by atoms with Crippen LogP contribution in [0.3, 0.4) is 0 Å². The van der Waals surface area contributed by atoms with E-state index in [1.54, 1.807) is 18.4 Å². The quantitative estimate of drug-likeness (QED) is 0.676. The van der Waals surface area contributed by atoms with Crippen molar-refractivity contribution in [1.29, 1.82) is 0 Å². The molecule has 3 aromatic rings. The van der Waals surface area contributed by atoms with Crippen molar-refractivity contribution in [3.05, 3.63) is 35.7 Å². The van der Waals surface area contributed by atoms with Gasteiger partial charge in [0.05, 0.1) is 7.11 Å². The number of fused-ring (bicyclic) bond motifs is 1. The first-order valence-corrected chi connectivity index (χ1v) is 5.74. The number of para-hydroxylation sites is 1. The second-order valence-corrected chi connectivity index (χ2v) is 4.26. The van der Waals surface area contributed by atoms with Gasteiger partial charge >= 0.3 is 0 Å². The average Bonchev–Trinajstić information content (AvgIpc) is 2.91. The van der Waals surface area contributed by atoms with E-state index in [0.717, 1.165) is 27.3 Å². The van der Waals surface area contributed by atoms with Gasteiger partial charge in [0.25, 0.3) is 0 Å². The van der Waals surface area contributed by atoms with Gasteiger partial charge in [-0.15, -0.1) is 11.3 Å². The van der Waals surface area contributed by atoms with Gasteiger partial charge < -0.3 is 9.26 Å². The maximum atomic E-state index is 5.32. The topological polar surface area (TPSA) is 35.3 Å². The van der Waals surface area contributed by atoms with E-state index >= 15 is 0 Å². The Morgan fingerprint density at radius 3 is 3.00 bits per heavy atom. The Bertz CT molecular complexity index is 627. The minimum atomic E-state index is 0.811. The molecule has 0 bridgehead atoms. The van der Waals surface area contributed by atoms with Crippen LogP contribution < -0.4 is 4.74 Å². The molecule has 0 atom stereocenters. The normalized spacial score (nSPS) is 10.8. The monoisotopic (exact) mass is 231 g/mol. The zero-order chi connectivity index (χ0) is 11.0. The van der Waals surface area contributed by atoms with Gasteiger partial charge in [0.15, 0.2) is 5.58 Å². The van der Waals surface area contributed by atoms with Crippen molar-refractivity contribution in [2.45, 2.75) is 0 Å². The number of rotatable bonds is 2. The van der Waals surface area contributed by atoms with Crippen LogP contribution in [0.4, 0.5) is 0 Å². The molecule has 2 aromatic heterocycles. The SMILES string of the molecule is COc1ccccc1-c1noc2ccsc12. The fraction of sp³-hybridized carbons (Fsp3) is 0.0833. The molecule has 0 unspecified atom stereocenters. The molecule has 0 fully saturated rings. The van der Waals surface area contributed by atoms with E-state index in [1.807, 2.05) is 35.7 Å². The summed E-state index contributed by atoms with van der Waals surface area (Å²) in [5, 5.41) is 6.08. The number of aromatic nitrogens is 1. The summed E-state index contributed by atoms with van der Waals surface area (Å²) < 4.78 is 11.6. The third kappa shape index (κ3) is 1.31. The smallest absolute Gasteiger partial charge is 0.178 e. The van der Waals surface area contributed by atoms with E-state index in [-0.39, 0.29) is 0 Å². The van der Waals surface area contributed by atoms with Crippen LogP contribution in [0.15, 0.2) is 40.2 Å². The number of ether oxygens (including phenoxy) is 1. The van der Waals surface area contributed by atoms with Crippen molar-refractivity contribution < 1.29 is 9.26 Å². The lowest BCUT2D eigenvalue weighted by Gasteiger charge is -2.04. The van der Waals surface area contributed by atoms with Crippen LogP contribution in [-0.4, -0.2) is 12.3 Å². The van der Waals surface area contributed by atoms with Crippen molar-refractivity contribution in [2.24, 2.45) is 0 Å². The molecule has 1 aromatic carbocycles. The van der Waals surface area contributed by atoms with Gasteiger partial charge in [-0.25, -0.2) is 0 Å². The third-order valence-corrected chi connectivity index (χ3v) is 3.34. The van der Waals surface area contributed by atoms with Crippen LogP contribution in [0.2, 0.25) is 0 Å². The predicted octanol–water partition coefficient (Wildman–Crippen LogP) is 3.56. The molecule has 0 radical (unpaired) electrons. The van der Waals surface area contributed by atoms with Gasteiger partial charge in [0.2, 0.25) is 0 Å². The van der Waals surface area contributed by atoms with E-state index in [4.69, 9.17) is 9.26 Å². The number of methoxy groups -OCH3 is 1. The molecular formula is C12H9NO2S. The summed E-state index contributed by atoms with van der Waals surface area (Å²) in [4.78, 5) is 0. The summed E-state index contributed by atoms with van der Waals surface area (Å²) in [6, 6.07) is 9.73. The standard InChI is InChI=1S/C12H9NO2S/c1-14-9-5-3-2-4-8(9)11-12-10(15-13-11)6-7-16-12/h2-7H,1H3. The summed E-state index contributed by atoms with van der Waals surface area (Å²) in [5.41, 5.74) is 2.64. The van der Waals surface area contributed by atoms with Crippen molar-refractivity contribution in [2.75, 3.05) is 7.11 Å². The summed E-state index contributed by atoms with van der Waals surface area (Å²) in [7, 11) is 1.66. The fourth-order valence-electron chi connectivity index (χ4n) is 1.69. The molecule has 0 aliphatic heterocycles. The number of hydrogen-bond acceptors (Lipinski definition) is 4. The fourth-order valence-corrected chi connectivity index (χ4v) is 2.50. The van der Waals surface area contributed by atoms with Gasteiger partial charge in [0, 0.05) is 5.56 Å². The highest BCUT2D eigenvalue weighted by Gasteiger charge is 2.14. The third-order valence-electron chi connectivity index (χ3n) is 2.44. The summed E-state index contributed by atoms with van der Waals surface area (Å²) in [5.74, 6) is 0.811. The molecule has 0 spiro atoms. The average molecular weight is 231 g/mol. The van der Waals surface area contributed by atoms with E-state index < -0.39 is 0 Å². The number of nitrogens with zero attached hydrogens (tertiary/aromatic N) is 1. The highest BCUT2D eigenvalue weighted by Crippen LogP contribution is 2.36. The molecule has 0 aliphatic rings. The molecule has 80 valence electrons. The van der Waals surface area contributed by atoms with Gasteiger partial charge in [-0.2, -0.15) is 0 Å². The molecule has 0 saturated carbocycles. The molecule has 2 heterocycles. The lowest BCUT2D eigenvalue weighted by molar-refractivity contribution is 0.415. The van der Waals surface area contributed by atoms with Crippen molar-refractivity contribution >= 4 is 21.6 Å². The molecule has 16 heavy (non-hydrogen) atoms. The molecule has 0 N–H and O–H groups in total. The highest BCUT2D eigenvalue weighted by molar-refractivity contribution is 7.17. The second kappa shape index (κ2) is 3.64. The predicted molar refractivity (Wildman–Crippen MR) is 63.9 cm³/mol. The summed E-state index contributed by atoms with van der Waals surface area (Å²) in [6.07, 6.45) is 0. The lowest BCUT2D eigenvalue weighted by Crippen LogP contribution is -1.87. The zero-order valence-corrected chi connectivity index (χ0v) is 9.45. The van der Waals surface area contributed by atoms with E-state index in [2.05, 4.69) is 5.16 Å². The molecule has 0 amide bonds. The first-order valence-electron chi connectivity index (χ1n) is 4.86. The first-order chi connectivity index (χ1) is 7.90. The Kier molecular flexibility index (Phi) is 2.15. The minimum Gasteiger partial charge on any atom is -0.496 e. The Morgan fingerprint density at radius 1 is 1.25 bits per heavy atom. The molecule has 0 saturated heterocycles. The Hall–Kier alpha value is -1.81. The second-order valence-electron chi connectivity index (χ2n) is 3.35. The van der Waals surface area contributed by atoms with Gasteiger partial charge in [-0.3, -0.25) is 0 Å². The van der Waals surface area contributed by atoms with Crippen LogP contribution in [0.5, 0.6) is 5.75 Å². The van der Waals surface area contributed by atoms with E-state index in [1.165, 1.54) is 0 Å². The van der Waals surface area contributed by atoms with Crippen LogP contribution in [0, 0.1) is 0 Å². The summed E-state index contributed by atoms with van der Waals surface area (Å²) in [6.45, 7) is 0. The number of benzene rings is 1. The largest absolute Gasteiger partial charge is 0.496 e. The van der Waals surface area contributed by atoms with Crippen molar-refractivity contribution in [1.82, 2.24) is 5.16 Å². The van der Waals surface area contributed by atoms with Crippen molar-refractivity contribution in [3.63, 3.8) is 0 Å².